The van der Waals surface area contributed by atoms with E-state index in [2.05, 4.69) is 46.5 Å². The molecule has 0 unspecified atom stereocenters. The van der Waals surface area contributed by atoms with Crippen LogP contribution in [0.15, 0.2) is 36.5 Å². The molecule has 0 bridgehead atoms. The predicted octanol–water partition coefficient (Wildman–Crippen LogP) is 4.76. The van der Waals surface area contributed by atoms with Gasteiger partial charge in [0.1, 0.15) is 10.0 Å². The van der Waals surface area contributed by atoms with Gasteiger partial charge in [0, 0.05) is 17.8 Å². The Morgan fingerprint density at radius 3 is 2.64 bits per heavy atom. The number of hydrogen-bond acceptors (Lipinski definition) is 9. The molecule has 0 spiro atoms. The molecule has 33 heavy (non-hydrogen) atoms. The van der Waals surface area contributed by atoms with E-state index in [0.29, 0.717) is 10.9 Å². The topological polar surface area (TPSA) is 113 Å². The standard InChI is InChI=1S/C23H26N4O5S/c1-6-31-23(29)32-19-17(30-5)10-11-24-18(19)20(28)25-14(4)21-26-27-22(33-21)16-9-7-8-15(12-16)13(2)3/h7-14H,6H2,1-5H3,(H,25,28)/t14-/m0/s1. The number of nitrogens with zero attached hydrogens (tertiary/aromatic N) is 3. The Labute approximate surface area is 196 Å². The van der Waals surface area contributed by atoms with Gasteiger partial charge in [0.25, 0.3) is 5.91 Å². The van der Waals surface area contributed by atoms with Crippen LogP contribution in [-0.4, -0.2) is 41.0 Å². The first-order valence-electron chi connectivity index (χ1n) is 10.5. The summed E-state index contributed by atoms with van der Waals surface area (Å²) in [4.78, 5) is 28.8. The third kappa shape index (κ3) is 5.83. The summed E-state index contributed by atoms with van der Waals surface area (Å²) in [7, 11) is 1.40. The highest BCUT2D eigenvalue weighted by Crippen LogP contribution is 2.32. The van der Waals surface area contributed by atoms with E-state index in [1.165, 1.54) is 36.3 Å². The van der Waals surface area contributed by atoms with E-state index < -0.39 is 18.1 Å². The fourth-order valence-corrected chi connectivity index (χ4v) is 3.81. The zero-order valence-corrected chi connectivity index (χ0v) is 19.9. The van der Waals surface area contributed by atoms with Crippen LogP contribution in [0.25, 0.3) is 10.6 Å². The Morgan fingerprint density at radius 1 is 1.15 bits per heavy atom. The summed E-state index contributed by atoms with van der Waals surface area (Å²) in [5.74, 6) is -0.0955. The Kier molecular flexibility index (Phi) is 7.94. The van der Waals surface area contributed by atoms with E-state index in [4.69, 9.17) is 14.2 Å². The molecule has 0 saturated heterocycles. The monoisotopic (exact) mass is 470 g/mol. The second-order valence-electron chi connectivity index (χ2n) is 7.40. The van der Waals surface area contributed by atoms with Crippen molar-refractivity contribution in [1.82, 2.24) is 20.5 Å². The first-order valence-corrected chi connectivity index (χ1v) is 11.3. The van der Waals surface area contributed by atoms with Crippen molar-refractivity contribution >= 4 is 23.4 Å². The normalized spacial score (nSPS) is 11.7. The summed E-state index contributed by atoms with van der Waals surface area (Å²) >= 11 is 1.39. The molecule has 9 nitrogen and oxygen atoms in total. The van der Waals surface area contributed by atoms with Gasteiger partial charge in [0.15, 0.2) is 11.4 Å². The summed E-state index contributed by atoms with van der Waals surface area (Å²) in [5.41, 5.74) is 2.08. The molecule has 3 rings (SSSR count). The molecule has 1 N–H and O–H groups in total. The summed E-state index contributed by atoms with van der Waals surface area (Å²) in [6.45, 7) is 7.83. The molecular formula is C23H26N4O5S. The minimum absolute atomic E-state index is 0.108. The number of rotatable bonds is 8. The molecule has 2 aromatic heterocycles. The van der Waals surface area contributed by atoms with E-state index in [1.807, 2.05) is 12.1 Å². The van der Waals surface area contributed by atoms with E-state index >= 15 is 0 Å². The number of amides is 1. The van der Waals surface area contributed by atoms with Crippen molar-refractivity contribution in [3.8, 4) is 22.1 Å². The zero-order valence-electron chi connectivity index (χ0n) is 19.1. The minimum Gasteiger partial charge on any atom is -0.493 e. The van der Waals surface area contributed by atoms with Crippen LogP contribution >= 0.6 is 11.3 Å². The van der Waals surface area contributed by atoms with Crippen molar-refractivity contribution in [1.29, 1.82) is 0 Å². The summed E-state index contributed by atoms with van der Waals surface area (Å²) in [5, 5.41) is 12.7. The van der Waals surface area contributed by atoms with Crippen LogP contribution in [0.3, 0.4) is 0 Å². The maximum Gasteiger partial charge on any atom is 0.514 e. The molecule has 0 fully saturated rings. The molecule has 0 radical (unpaired) electrons. The lowest BCUT2D eigenvalue weighted by atomic mass is 10.0. The highest BCUT2D eigenvalue weighted by molar-refractivity contribution is 7.14. The van der Waals surface area contributed by atoms with Gasteiger partial charge in [-0.15, -0.1) is 10.2 Å². The average molecular weight is 471 g/mol. The summed E-state index contributed by atoms with van der Waals surface area (Å²) in [6.07, 6.45) is 0.435. The number of ether oxygens (including phenoxy) is 3. The van der Waals surface area contributed by atoms with Gasteiger partial charge in [-0.3, -0.25) is 4.79 Å². The largest absolute Gasteiger partial charge is 0.514 e. The van der Waals surface area contributed by atoms with Crippen LogP contribution < -0.4 is 14.8 Å². The number of pyridine rings is 1. The van der Waals surface area contributed by atoms with Crippen LogP contribution in [-0.2, 0) is 4.74 Å². The Morgan fingerprint density at radius 2 is 1.94 bits per heavy atom. The van der Waals surface area contributed by atoms with E-state index in [0.717, 1.165) is 10.6 Å². The van der Waals surface area contributed by atoms with Crippen LogP contribution in [0.2, 0.25) is 0 Å². The lowest BCUT2D eigenvalue weighted by molar-refractivity contribution is 0.0916. The second-order valence-corrected chi connectivity index (χ2v) is 8.41. The predicted molar refractivity (Wildman–Crippen MR) is 124 cm³/mol. The molecular weight excluding hydrogens is 444 g/mol. The van der Waals surface area contributed by atoms with Gasteiger partial charge in [-0.2, -0.15) is 0 Å². The maximum atomic E-state index is 12.9. The Bertz CT molecular complexity index is 1130. The van der Waals surface area contributed by atoms with Crippen molar-refractivity contribution in [2.24, 2.45) is 0 Å². The Hall–Kier alpha value is -3.53. The maximum absolute atomic E-state index is 12.9. The SMILES string of the molecule is CCOC(=O)Oc1c(OC)ccnc1C(=O)N[C@@H](C)c1nnc(-c2cccc(C(C)C)c2)s1. The molecule has 1 atom stereocenters. The smallest absolute Gasteiger partial charge is 0.493 e. The molecule has 2 heterocycles. The summed E-state index contributed by atoms with van der Waals surface area (Å²) in [6, 6.07) is 9.18. The van der Waals surface area contributed by atoms with Gasteiger partial charge in [-0.05, 0) is 31.4 Å². The highest BCUT2D eigenvalue weighted by Gasteiger charge is 2.24. The highest BCUT2D eigenvalue weighted by atomic mass is 32.1. The minimum atomic E-state index is -0.955. The Balaban J connectivity index is 1.79. The van der Waals surface area contributed by atoms with Crippen molar-refractivity contribution in [2.75, 3.05) is 13.7 Å². The second kappa shape index (κ2) is 10.9. The van der Waals surface area contributed by atoms with Gasteiger partial charge < -0.3 is 19.5 Å². The van der Waals surface area contributed by atoms with Gasteiger partial charge in [-0.1, -0.05) is 43.4 Å². The van der Waals surface area contributed by atoms with Crippen LogP contribution in [0.4, 0.5) is 4.79 Å². The number of carbonyl (C=O) groups is 2. The van der Waals surface area contributed by atoms with Crippen LogP contribution in [0.5, 0.6) is 11.5 Å². The van der Waals surface area contributed by atoms with Gasteiger partial charge in [0.05, 0.1) is 19.8 Å². The summed E-state index contributed by atoms with van der Waals surface area (Å²) < 4.78 is 15.2. The molecule has 10 heteroatoms. The van der Waals surface area contributed by atoms with Gasteiger partial charge in [0.2, 0.25) is 5.75 Å². The molecule has 1 aromatic carbocycles. The molecule has 0 saturated carbocycles. The molecule has 0 aliphatic rings. The van der Waals surface area contributed by atoms with Crippen LogP contribution in [0.1, 0.15) is 60.7 Å². The van der Waals surface area contributed by atoms with E-state index in [9.17, 15) is 9.59 Å². The van der Waals surface area contributed by atoms with E-state index in [-0.39, 0.29) is 23.8 Å². The fraction of sp³-hybridized carbons (Fsp3) is 0.348. The number of nitrogens with one attached hydrogen (secondary N) is 1. The number of methoxy groups -OCH3 is 1. The number of aromatic nitrogens is 3. The zero-order chi connectivity index (χ0) is 24.0. The first kappa shape index (κ1) is 24.1. The quantitative estimate of drug-likeness (QED) is 0.469. The first-order chi connectivity index (χ1) is 15.8. The van der Waals surface area contributed by atoms with Crippen molar-refractivity contribution in [3.05, 3.63) is 52.8 Å². The third-order valence-electron chi connectivity index (χ3n) is 4.71. The van der Waals surface area contributed by atoms with E-state index in [1.54, 1.807) is 13.8 Å². The number of hydrogen-bond donors (Lipinski definition) is 1. The molecule has 174 valence electrons. The van der Waals surface area contributed by atoms with Crippen molar-refractivity contribution in [3.63, 3.8) is 0 Å². The molecule has 1 amide bonds. The van der Waals surface area contributed by atoms with Crippen LogP contribution in [0, 0.1) is 0 Å². The van der Waals surface area contributed by atoms with Crippen molar-refractivity contribution < 1.29 is 23.8 Å². The lowest BCUT2D eigenvalue weighted by Crippen LogP contribution is -2.28. The van der Waals surface area contributed by atoms with Crippen molar-refractivity contribution in [2.45, 2.75) is 39.7 Å². The lowest BCUT2D eigenvalue weighted by Gasteiger charge is -2.14. The number of benzene rings is 1. The number of carbonyl (C=O) groups excluding carboxylic acids is 2. The fourth-order valence-electron chi connectivity index (χ4n) is 2.97. The molecule has 0 aliphatic heterocycles. The molecule has 0 aliphatic carbocycles. The average Bonchev–Trinajstić information content (AvgIpc) is 3.30. The molecule has 3 aromatic rings. The third-order valence-corrected chi connectivity index (χ3v) is 5.86. The van der Waals surface area contributed by atoms with Gasteiger partial charge in [-0.25, -0.2) is 9.78 Å². The van der Waals surface area contributed by atoms with Gasteiger partial charge >= 0.3 is 6.16 Å².